The molecule has 0 aliphatic heterocycles. The molecule has 0 saturated heterocycles. The van der Waals surface area contributed by atoms with Gasteiger partial charge in [-0.05, 0) is 60.7 Å². The molecule has 0 spiro atoms. The Bertz CT molecular complexity index is 1550. The molecule has 35 heavy (non-hydrogen) atoms. The summed E-state index contributed by atoms with van der Waals surface area (Å²) in [6, 6.07) is 17.0. The van der Waals surface area contributed by atoms with Crippen molar-refractivity contribution in [3.63, 3.8) is 0 Å². The summed E-state index contributed by atoms with van der Waals surface area (Å²) >= 11 is 5.28. The van der Waals surface area contributed by atoms with Gasteiger partial charge in [-0.1, -0.05) is 18.2 Å². The lowest BCUT2D eigenvalue weighted by molar-refractivity contribution is -0.116. The Kier molecular flexibility index (Phi) is 7.02. The average Bonchev–Trinajstić information content (AvgIpc) is 2.84. The second-order valence-electron chi connectivity index (χ2n) is 7.61. The first kappa shape index (κ1) is 23.8. The number of aromatic nitrogens is 2. The first-order valence-corrected chi connectivity index (χ1v) is 11.0. The van der Waals surface area contributed by atoms with E-state index in [4.69, 9.17) is 17.0 Å². The number of fused-ring (bicyclic) bond motifs is 1. The van der Waals surface area contributed by atoms with Gasteiger partial charge < -0.3 is 20.4 Å². The van der Waals surface area contributed by atoms with Crippen LogP contribution in [0.3, 0.4) is 0 Å². The number of aromatic amines is 1. The number of anilines is 2. The number of benzene rings is 3. The number of para-hydroxylation sites is 1. The number of ether oxygens (including phenoxy) is 1. The van der Waals surface area contributed by atoms with Crippen LogP contribution in [0, 0.1) is 10.6 Å². The fourth-order valence-electron chi connectivity index (χ4n) is 3.55. The molecule has 178 valence electrons. The number of hydrogen-bond donors (Lipinski definition) is 3. The number of carbonyl (C=O) groups is 2. The molecule has 2 amide bonds. The highest BCUT2D eigenvalue weighted by molar-refractivity contribution is 7.71. The molecule has 1 aromatic heterocycles. The summed E-state index contributed by atoms with van der Waals surface area (Å²) < 4.78 is 20.3. The molecular weight excluding hydrogens is 471 g/mol. The van der Waals surface area contributed by atoms with E-state index in [1.165, 1.54) is 35.9 Å². The van der Waals surface area contributed by atoms with E-state index < -0.39 is 11.7 Å². The Morgan fingerprint density at radius 3 is 2.63 bits per heavy atom. The van der Waals surface area contributed by atoms with Crippen LogP contribution in [-0.4, -0.2) is 28.5 Å². The summed E-state index contributed by atoms with van der Waals surface area (Å²) in [5, 5.41) is 5.88. The minimum atomic E-state index is -0.531. The maximum Gasteiger partial charge on any atom is 0.262 e. The third kappa shape index (κ3) is 5.44. The van der Waals surface area contributed by atoms with E-state index in [1.807, 2.05) is 0 Å². The van der Waals surface area contributed by atoms with Crippen molar-refractivity contribution in [3.8, 4) is 5.75 Å². The van der Waals surface area contributed by atoms with Crippen molar-refractivity contribution in [2.24, 2.45) is 0 Å². The first-order valence-electron chi connectivity index (χ1n) is 10.6. The standard InChI is InChI=1S/C25H21FN4O4S/c1-34-21-10-9-17(14-20(21)28-23(32)15-5-4-6-16(26)13-15)27-22(31)11-12-30-24(33)18-7-2-3-8-19(18)29-25(30)35/h2-10,13-14H,11-12H2,1H3,(H,27,31)(H,28,32)(H,29,35). The summed E-state index contributed by atoms with van der Waals surface area (Å²) in [6.07, 6.45) is -0.00720. The van der Waals surface area contributed by atoms with Gasteiger partial charge in [-0.3, -0.25) is 19.0 Å². The molecule has 3 aromatic carbocycles. The van der Waals surface area contributed by atoms with Crippen LogP contribution in [0.4, 0.5) is 15.8 Å². The lowest BCUT2D eigenvalue weighted by atomic mass is 10.2. The van der Waals surface area contributed by atoms with E-state index in [1.54, 1.807) is 36.4 Å². The minimum Gasteiger partial charge on any atom is -0.495 e. The van der Waals surface area contributed by atoms with Gasteiger partial charge in [0.1, 0.15) is 11.6 Å². The fraction of sp³-hybridized carbons (Fsp3) is 0.120. The van der Waals surface area contributed by atoms with Crippen LogP contribution in [0.15, 0.2) is 71.5 Å². The zero-order valence-electron chi connectivity index (χ0n) is 18.6. The van der Waals surface area contributed by atoms with Gasteiger partial charge in [0.2, 0.25) is 5.91 Å². The van der Waals surface area contributed by atoms with E-state index in [2.05, 4.69) is 15.6 Å². The quantitative estimate of drug-likeness (QED) is 0.330. The van der Waals surface area contributed by atoms with Gasteiger partial charge in [-0.2, -0.15) is 0 Å². The molecule has 0 fully saturated rings. The highest BCUT2D eigenvalue weighted by Gasteiger charge is 2.13. The zero-order chi connectivity index (χ0) is 24.9. The normalized spacial score (nSPS) is 10.7. The number of nitrogens with zero attached hydrogens (tertiary/aromatic N) is 1. The van der Waals surface area contributed by atoms with Crippen molar-refractivity contribution in [2.45, 2.75) is 13.0 Å². The number of amides is 2. The molecule has 4 rings (SSSR count). The Labute approximate surface area is 204 Å². The Hall–Kier alpha value is -4.31. The molecule has 4 aromatic rings. The summed E-state index contributed by atoms with van der Waals surface area (Å²) in [6.45, 7) is 0.0875. The Morgan fingerprint density at radius 1 is 1.06 bits per heavy atom. The number of carbonyl (C=O) groups excluding carboxylic acids is 2. The van der Waals surface area contributed by atoms with Crippen LogP contribution in [0.2, 0.25) is 0 Å². The molecule has 0 atom stereocenters. The monoisotopic (exact) mass is 492 g/mol. The van der Waals surface area contributed by atoms with Crippen molar-refractivity contribution >= 4 is 46.3 Å². The Morgan fingerprint density at radius 2 is 1.86 bits per heavy atom. The van der Waals surface area contributed by atoms with Gasteiger partial charge in [-0.15, -0.1) is 0 Å². The van der Waals surface area contributed by atoms with Gasteiger partial charge in [0, 0.05) is 24.2 Å². The largest absolute Gasteiger partial charge is 0.495 e. The van der Waals surface area contributed by atoms with Crippen molar-refractivity contribution in [1.29, 1.82) is 0 Å². The van der Waals surface area contributed by atoms with Crippen LogP contribution in [0.5, 0.6) is 5.75 Å². The number of nitrogens with one attached hydrogen (secondary N) is 3. The smallest absolute Gasteiger partial charge is 0.262 e. The average molecular weight is 493 g/mol. The highest BCUT2D eigenvalue weighted by Crippen LogP contribution is 2.28. The molecule has 0 bridgehead atoms. The molecule has 0 aliphatic rings. The third-order valence-electron chi connectivity index (χ3n) is 5.27. The van der Waals surface area contributed by atoms with Gasteiger partial charge in [0.15, 0.2) is 4.77 Å². The first-order chi connectivity index (χ1) is 16.9. The van der Waals surface area contributed by atoms with Gasteiger partial charge in [0.25, 0.3) is 11.5 Å². The predicted octanol–water partition coefficient (Wildman–Crippen LogP) is 4.49. The maximum atomic E-state index is 13.5. The number of H-pyrrole nitrogens is 1. The third-order valence-corrected chi connectivity index (χ3v) is 5.59. The maximum absolute atomic E-state index is 13.5. The Balaban J connectivity index is 1.47. The molecule has 10 heteroatoms. The molecule has 8 nitrogen and oxygen atoms in total. The summed E-state index contributed by atoms with van der Waals surface area (Å²) in [5.74, 6) is -1.05. The fourth-order valence-corrected chi connectivity index (χ4v) is 3.83. The molecule has 0 radical (unpaired) electrons. The van der Waals surface area contributed by atoms with Gasteiger partial charge in [-0.25, -0.2) is 4.39 Å². The molecular formula is C25H21FN4O4S. The SMILES string of the molecule is COc1ccc(NC(=O)CCn2c(=S)[nH]c3ccccc3c2=O)cc1NC(=O)c1cccc(F)c1. The summed E-state index contributed by atoms with van der Waals surface area (Å²) in [4.78, 5) is 40.8. The van der Waals surface area contributed by atoms with E-state index in [0.717, 1.165) is 6.07 Å². The lowest BCUT2D eigenvalue weighted by Gasteiger charge is -2.13. The topological polar surface area (TPSA) is 105 Å². The van der Waals surface area contributed by atoms with Crippen molar-refractivity contribution < 1.29 is 18.7 Å². The van der Waals surface area contributed by atoms with Gasteiger partial charge in [0.05, 0.1) is 23.7 Å². The molecule has 3 N–H and O–H groups in total. The highest BCUT2D eigenvalue weighted by atomic mass is 32.1. The minimum absolute atomic E-state index is 0.00720. The lowest BCUT2D eigenvalue weighted by Crippen LogP contribution is -2.25. The summed E-state index contributed by atoms with van der Waals surface area (Å²) in [5.41, 5.74) is 1.20. The van der Waals surface area contributed by atoms with E-state index in [9.17, 15) is 18.8 Å². The number of hydrogen-bond acceptors (Lipinski definition) is 5. The predicted molar refractivity (Wildman–Crippen MR) is 134 cm³/mol. The summed E-state index contributed by atoms with van der Waals surface area (Å²) in [7, 11) is 1.44. The van der Waals surface area contributed by atoms with E-state index in [0.29, 0.717) is 28.0 Å². The molecule has 0 saturated carbocycles. The molecule has 0 aliphatic carbocycles. The number of methoxy groups -OCH3 is 1. The van der Waals surface area contributed by atoms with Crippen LogP contribution in [-0.2, 0) is 11.3 Å². The van der Waals surface area contributed by atoms with Crippen molar-refractivity contribution in [1.82, 2.24) is 9.55 Å². The molecule has 0 unspecified atom stereocenters. The van der Waals surface area contributed by atoms with Crippen LogP contribution >= 0.6 is 12.2 Å². The zero-order valence-corrected chi connectivity index (χ0v) is 19.4. The molecule has 1 heterocycles. The van der Waals surface area contributed by atoms with Crippen LogP contribution in [0.25, 0.3) is 10.9 Å². The van der Waals surface area contributed by atoms with Crippen LogP contribution < -0.4 is 20.9 Å². The van der Waals surface area contributed by atoms with Crippen molar-refractivity contribution in [3.05, 3.63) is 93.2 Å². The second kappa shape index (κ2) is 10.3. The number of rotatable bonds is 7. The van der Waals surface area contributed by atoms with Crippen molar-refractivity contribution in [2.75, 3.05) is 17.7 Å². The second-order valence-corrected chi connectivity index (χ2v) is 8.00. The number of halogens is 1. The van der Waals surface area contributed by atoms with E-state index in [-0.39, 0.29) is 34.8 Å². The van der Waals surface area contributed by atoms with Crippen LogP contribution in [0.1, 0.15) is 16.8 Å². The van der Waals surface area contributed by atoms with E-state index >= 15 is 0 Å². The van der Waals surface area contributed by atoms with Gasteiger partial charge >= 0.3 is 0 Å².